The first kappa shape index (κ1) is 18.9. The number of rotatable bonds is 5. The molecule has 7 heteroatoms. The predicted octanol–water partition coefficient (Wildman–Crippen LogP) is 3.33. The number of anilines is 1. The summed E-state index contributed by atoms with van der Waals surface area (Å²) in [5, 5.41) is 6.50. The SMILES string of the molecule is CCNc1cc(Cl)cc(C(=O)NCc2c(=O)cc(C)n3cccnc23)c1C. The van der Waals surface area contributed by atoms with Crippen LogP contribution in [-0.4, -0.2) is 21.8 Å². The largest absolute Gasteiger partial charge is 0.385 e. The fraction of sp³-hybridized carbons (Fsp3) is 0.250. The molecule has 0 aliphatic rings. The van der Waals surface area contributed by atoms with Gasteiger partial charge in [-0.3, -0.25) is 9.59 Å². The summed E-state index contributed by atoms with van der Waals surface area (Å²) in [6, 6.07) is 6.76. The van der Waals surface area contributed by atoms with Crippen molar-refractivity contribution in [3.63, 3.8) is 0 Å². The van der Waals surface area contributed by atoms with Crippen LogP contribution >= 0.6 is 11.6 Å². The lowest BCUT2D eigenvalue weighted by atomic mass is 10.1. The van der Waals surface area contributed by atoms with Crippen molar-refractivity contribution < 1.29 is 4.79 Å². The third-order valence-corrected chi connectivity index (χ3v) is 4.66. The van der Waals surface area contributed by atoms with Crippen LogP contribution in [0.2, 0.25) is 5.02 Å². The van der Waals surface area contributed by atoms with Crippen LogP contribution in [-0.2, 0) is 6.54 Å². The van der Waals surface area contributed by atoms with Crippen molar-refractivity contribution in [2.75, 3.05) is 11.9 Å². The second-order valence-corrected chi connectivity index (χ2v) is 6.72. The van der Waals surface area contributed by atoms with E-state index in [1.165, 1.54) is 0 Å². The van der Waals surface area contributed by atoms with E-state index in [2.05, 4.69) is 15.6 Å². The first-order valence-corrected chi connectivity index (χ1v) is 9.08. The molecule has 3 rings (SSSR count). The van der Waals surface area contributed by atoms with Crippen LogP contribution in [0.15, 0.2) is 41.5 Å². The van der Waals surface area contributed by atoms with Crippen LogP contribution in [0.25, 0.3) is 5.65 Å². The summed E-state index contributed by atoms with van der Waals surface area (Å²) in [6.07, 6.45) is 3.47. The Hall–Kier alpha value is -2.86. The third-order valence-electron chi connectivity index (χ3n) is 4.44. The predicted molar refractivity (Wildman–Crippen MR) is 108 cm³/mol. The maximum Gasteiger partial charge on any atom is 0.251 e. The van der Waals surface area contributed by atoms with Crippen molar-refractivity contribution in [3.05, 3.63) is 74.3 Å². The number of amides is 1. The molecule has 2 aromatic heterocycles. The Morgan fingerprint density at radius 2 is 2.04 bits per heavy atom. The lowest BCUT2D eigenvalue weighted by molar-refractivity contribution is 0.0950. The van der Waals surface area contributed by atoms with E-state index >= 15 is 0 Å². The van der Waals surface area contributed by atoms with Gasteiger partial charge in [-0.2, -0.15) is 0 Å². The second kappa shape index (κ2) is 7.80. The molecule has 0 saturated heterocycles. The van der Waals surface area contributed by atoms with E-state index in [1.807, 2.05) is 31.4 Å². The molecule has 27 heavy (non-hydrogen) atoms. The summed E-state index contributed by atoms with van der Waals surface area (Å²) < 4.78 is 1.83. The number of aryl methyl sites for hydroxylation is 1. The molecule has 3 aromatic rings. The zero-order valence-corrected chi connectivity index (χ0v) is 16.2. The van der Waals surface area contributed by atoms with Gasteiger partial charge in [-0.05, 0) is 44.5 Å². The number of carbonyl (C=O) groups is 1. The fourth-order valence-corrected chi connectivity index (χ4v) is 3.27. The van der Waals surface area contributed by atoms with E-state index < -0.39 is 0 Å². The average Bonchev–Trinajstić information content (AvgIpc) is 2.64. The lowest BCUT2D eigenvalue weighted by Crippen LogP contribution is -2.28. The molecule has 1 amide bonds. The monoisotopic (exact) mass is 384 g/mol. The highest BCUT2D eigenvalue weighted by Gasteiger charge is 2.15. The number of fused-ring (bicyclic) bond motifs is 1. The number of carbonyl (C=O) groups excluding carboxylic acids is 1. The van der Waals surface area contributed by atoms with Gasteiger partial charge in [-0.15, -0.1) is 0 Å². The summed E-state index contributed by atoms with van der Waals surface area (Å²) in [6.45, 7) is 6.49. The Morgan fingerprint density at radius 1 is 1.26 bits per heavy atom. The van der Waals surface area contributed by atoms with Crippen LogP contribution in [0.5, 0.6) is 0 Å². The summed E-state index contributed by atoms with van der Waals surface area (Å²) in [5.74, 6) is -0.289. The van der Waals surface area contributed by atoms with Gasteiger partial charge in [0, 0.05) is 47.0 Å². The zero-order chi connectivity index (χ0) is 19.6. The lowest BCUT2D eigenvalue weighted by Gasteiger charge is -2.14. The molecule has 0 spiro atoms. The maximum absolute atomic E-state index is 12.7. The van der Waals surface area contributed by atoms with Crippen LogP contribution in [0.1, 0.15) is 34.1 Å². The number of nitrogens with one attached hydrogen (secondary N) is 2. The summed E-state index contributed by atoms with van der Waals surface area (Å²) >= 11 is 6.16. The standard InChI is InChI=1S/C20H21ClN4O2/c1-4-22-17-10-14(21)9-15(13(17)3)20(27)24-11-16-18(26)8-12(2)25-7-5-6-23-19(16)25/h5-10,22H,4,11H2,1-3H3,(H,24,27). The fourth-order valence-electron chi connectivity index (χ4n) is 3.05. The topological polar surface area (TPSA) is 75.5 Å². The molecule has 0 fully saturated rings. The quantitative estimate of drug-likeness (QED) is 0.707. The first-order valence-electron chi connectivity index (χ1n) is 8.70. The molecule has 0 radical (unpaired) electrons. The molecule has 0 aliphatic carbocycles. The normalized spacial score (nSPS) is 10.8. The molecule has 0 atom stereocenters. The zero-order valence-electron chi connectivity index (χ0n) is 15.5. The highest BCUT2D eigenvalue weighted by molar-refractivity contribution is 6.31. The van der Waals surface area contributed by atoms with Gasteiger partial charge in [0.05, 0.1) is 12.1 Å². The van der Waals surface area contributed by atoms with Crippen LogP contribution in [0, 0.1) is 13.8 Å². The van der Waals surface area contributed by atoms with Gasteiger partial charge in [-0.1, -0.05) is 11.6 Å². The molecular formula is C20H21ClN4O2. The molecule has 0 aliphatic heterocycles. The van der Waals surface area contributed by atoms with Gasteiger partial charge in [0.15, 0.2) is 5.43 Å². The number of nitrogens with zero attached hydrogens (tertiary/aromatic N) is 2. The van der Waals surface area contributed by atoms with E-state index in [9.17, 15) is 9.59 Å². The molecule has 1 aromatic carbocycles. The first-order chi connectivity index (χ1) is 12.9. The summed E-state index contributed by atoms with van der Waals surface area (Å²) in [4.78, 5) is 29.5. The molecule has 140 valence electrons. The number of hydrogen-bond donors (Lipinski definition) is 2. The Bertz CT molecular complexity index is 1080. The van der Waals surface area contributed by atoms with Gasteiger partial charge in [0.1, 0.15) is 5.65 Å². The molecule has 2 N–H and O–H groups in total. The number of aromatic nitrogens is 2. The van der Waals surface area contributed by atoms with Crippen molar-refractivity contribution in [2.24, 2.45) is 0 Å². The minimum Gasteiger partial charge on any atom is -0.385 e. The molecule has 0 saturated carbocycles. The Labute approximate surface area is 162 Å². The molecule has 0 bridgehead atoms. The Balaban J connectivity index is 1.92. The van der Waals surface area contributed by atoms with Crippen molar-refractivity contribution in [3.8, 4) is 0 Å². The molecule has 0 unspecified atom stereocenters. The summed E-state index contributed by atoms with van der Waals surface area (Å²) in [5.41, 5.74) is 3.73. The van der Waals surface area contributed by atoms with E-state index in [-0.39, 0.29) is 17.9 Å². The smallest absolute Gasteiger partial charge is 0.251 e. The van der Waals surface area contributed by atoms with E-state index in [4.69, 9.17) is 11.6 Å². The minimum absolute atomic E-state index is 0.0843. The Morgan fingerprint density at radius 3 is 2.78 bits per heavy atom. The van der Waals surface area contributed by atoms with Gasteiger partial charge in [0.2, 0.25) is 0 Å². The van der Waals surface area contributed by atoms with Gasteiger partial charge < -0.3 is 15.0 Å². The van der Waals surface area contributed by atoms with Crippen molar-refractivity contribution in [1.29, 1.82) is 0 Å². The molecule has 6 nitrogen and oxygen atoms in total. The maximum atomic E-state index is 12.7. The molecule has 2 heterocycles. The van der Waals surface area contributed by atoms with Crippen molar-refractivity contribution in [1.82, 2.24) is 14.7 Å². The van der Waals surface area contributed by atoms with Gasteiger partial charge >= 0.3 is 0 Å². The highest BCUT2D eigenvalue weighted by atomic mass is 35.5. The minimum atomic E-state index is -0.289. The van der Waals surface area contributed by atoms with Crippen molar-refractivity contribution >= 4 is 28.8 Å². The second-order valence-electron chi connectivity index (χ2n) is 6.28. The van der Waals surface area contributed by atoms with E-state index in [0.29, 0.717) is 21.8 Å². The molecular weight excluding hydrogens is 364 g/mol. The third kappa shape index (κ3) is 3.80. The number of benzene rings is 1. The van der Waals surface area contributed by atoms with E-state index in [0.717, 1.165) is 23.5 Å². The highest BCUT2D eigenvalue weighted by Crippen LogP contribution is 2.25. The van der Waals surface area contributed by atoms with Crippen LogP contribution in [0.4, 0.5) is 5.69 Å². The van der Waals surface area contributed by atoms with Crippen LogP contribution in [0.3, 0.4) is 0 Å². The summed E-state index contributed by atoms with van der Waals surface area (Å²) in [7, 11) is 0. The van der Waals surface area contributed by atoms with Gasteiger partial charge in [-0.25, -0.2) is 4.98 Å². The van der Waals surface area contributed by atoms with Crippen LogP contribution < -0.4 is 16.1 Å². The van der Waals surface area contributed by atoms with E-state index in [1.54, 1.807) is 30.5 Å². The number of pyridine rings is 1. The number of halogens is 1. The number of hydrogen-bond acceptors (Lipinski definition) is 4. The van der Waals surface area contributed by atoms with Crippen molar-refractivity contribution in [2.45, 2.75) is 27.3 Å². The average molecular weight is 385 g/mol. The van der Waals surface area contributed by atoms with Gasteiger partial charge in [0.25, 0.3) is 5.91 Å². The Kier molecular flexibility index (Phi) is 5.46.